The second kappa shape index (κ2) is 8.85. The minimum Gasteiger partial charge on any atom is -0.458 e. The van der Waals surface area contributed by atoms with Crippen LogP contribution in [-0.2, 0) is 14.3 Å². The molecule has 0 aromatic rings. The largest absolute Gasteiger partial charge is 0.458 e. The fourth-order valence-electron chi connectivity index (χ4n) is 3.42. The van der Waals surface area contributed by atoms with Gasteiger partial charge in [-0.2, -0.15) is 0 Å². The van der Waals surface area contributed by atoms with Crippen molar-refractivity contribution in [2.24, 2.45) is 11.8 Å². The van der Waals surface area contributed by atoms with E-state index in [1.165, 1.54) is 0 Å². The molecule has 6 atom stereocenters. The van der Waals surface area contributed by atoms with Gasteiger partial charge < -0.3 is 20.3 Å². The highest BCUT2D eigenvalue weighted by atomic mass is 35.5. The third-order valence-corrected chi connectivity index (χ3v) is 5.24. The van der Waals surface area contributed by atoms with Crippen LogP contribution < -0.4 is 5.32 Å². The first-order chi connectivity index (χ1) is 10.8. The van der Waals surface area contributed by atoms with Crippen LogP contribution in [0.1, 0.15) is 46.5 Å². The zero-order valence-electron chi connectivity index (χ0n) is 14.0. The van der Waals surface area contributed by atoms with Gasteiger partial charge in [0.1, 0.15) is 5.60 Å². The maximum atomic E-state index is 12.2. The summed E-state index contributed by atoms with van der Waals surface area (Å²) in [5.74, 6) is -0.826. The lowest BCUT2D eigenvalue weighted by Gasteiger charge is -2.38. The van der Waals surface area contributed by atoms with Gasteiger partial charge in [0, 0.05) is 5.88 Å². The van der Waals surface area contributed by atoms with Gasteiger partial charge in [0.25, 0.3) is 6.47 Å². The zero-order chi connectivity index (χ0) is 17.6. The van der Waals surface area contributed by atoms with Crippen molar-refractivity contribution in [1.29, 1.82) is 0 Å². The van der Waals surface area contributed by atoms with E-state index in [1.807, 2.05) is 13.8 Å². The van der Waals surface area contributed by atoms with Crippen LogP contribution in [0.2, 0.25) is 0 Å². The number of amides is 1. The number of carbonyl (C=O) groups is 2. The highest BCUT2D eigenvalue weighted by molar-refractivity contribution is 6.18. The second-order valence-electron chi connectivity index (χ2n) is 6.37. The maximum Gasteiger partial charge on any atom is 0.293 e. The number of hydrogen-bond acceptors (Lipinski definition) is 5. The lowest BCUT2D eigenvalue weighted by Crippen LogP contribution is -2.54. The van der Waals surface area contributed by atoms with E-state index in [0.717, 1.165) is 0 Å². The molecule has 6 nitrogen and oxygen atoms in total. The van der Waals surface area contributed by atoms with Gasteiger partial charge in [-0.1, -0.05) is 20.3 Å². The Hall–Kier alpha value is -0.850. The topological polar surface area (TPSA) is 95.9 Å². The highest BCUT2D eigenvalue weighted by Gasteiger charge is 2.56. The van der Waals surface area contributed by atoms with E-state index >= 15 is 0 Å². The maximum absolute atomic E-state index is 12.2. The lowest BCUT2D eigenvalue weighted by atomic mass is 9.78. The monoisotopic (exact) mass is 349 g/mol. The number of alkyl halides is 1. The average molecular weight is 350 g/mol. The number of nitrogens with one attached hydrogen (secondary N) is 1. The molecule has 7 heteroatoms. The fourth-order valence-corrected chi connectivity index (χ4v) is 3.64. The van der Waals surface area contributed by atoms with Crippen LogP contribution in [0, 0.1) is 11.8 Å². The van der Waals surface area contributed by atoms with E-state index < -0.39 is 29.8 Å². The van der Waals surface area contributed by atoms with Gasteiger partial charge in [0.15, 0.2) is 0 Å². The molecule has 0 unspecified atom stereocenters. The molecule has 0 spiro atoms. The third-order valence-electron chi connectivity index (χ3n) is 5.02. The van der Waals surface area contributed by atoms with Crippen LogP contribution in [0.3, 0.4) is 0 Å². The van der Waals surface area contributed by atoms with Crippen LogP contribution in [0.5, 0.6) is 0 Å². The molecular formula is C16H28ClNO5. The molecule has 0 bridgehead atoms. The Morgan fingerprint density at radius 3 is 2.52 bits per heavy atom. The summed E-state index contributed by atoms with van der Waals surface area (Å²) in [5, 5.41) is 23.4. The molecule has 0 radical (unpaired) electrons. The summed E-state index contributed by atoms with van der Waals surface area (Å²) in [7, 11) is 0. The van der Waals surface area contributed by atoms with E-state index in [2.05, 4.69) is 5.32 Å². The van der Waals surface area contributed by atoms with Gasteiger partial charge in [0.05, 0.1) is 24.2 Å². The van der Waals surface area contributed by atoms with Crippen LogP contribution >= 0.6 is 11.6 Å². The smallest absolute Gasteiger partial charge is 0.293 e. The molecule has 1 heterocycles. The number of ether oxygens (including phenoxy) is 1. The van der Waals surface area contributed by atoms with Gasteiger partial charge in [-0.05, 0) is 32.1 Å². The summed E-state index contributed by atoms with van der Waals surface area (Å²) < 4.78 is 5.24. The van der Waals surface area contributed by atoms with Crippen molar-refractivity contribution in [2.75, 3.05) is 5.88 Å². The predicted octanol–water partition coefficient (Wildman–Crippen LogP) is 1.21. The molecule has 1 amide bonds. The van der Waals surface area contributed by atoms with Crippen molar-refractivity contribution in [2.45, 2.75) is 70.3 Å². The lowest BCUT2D eigenvalue weighted by molar-refractivity contribution is -0.153. The van der Waals surface area contributed by atoms with Crippen molar-refractivity contribution < 1.29 is 24.5 Å². The Kier molecular flexibility index (Phi) is 7.77. The third kappa shape index (κ3) is 4.37. The van der Waals surface area contributed by atoms with Gasteiger partial charge in [-0.15, -0.1) is 11.6 Å². The summed E-state index contributed by atoms with van der Waals surface area (Å²) in [6.07, 6.45) is 0.589. The molecule has 0 saturated carbocycles. The molecule has 134 valence electrons. The first-order valence-corrected chi connectivity index (χ1v) is 8.72. The van der Waals surface area contributed by atoms with Gasteiger partial charge in [-0.25, -0.2) is 0 Å². The molecule has 1 aliphatic rings. The van der Waals surface area contributed by atoms with Crippen molar-refractivity contribution in [3.05, 3.63) is 0 Å². The van der Waals surface area contributed by atoms with Crippen molar-refractivity contribution in [3.8, 4) is 0 Å². The Labute approximate surface area is 142 Å². The summed E-state index contributed by atoms with van der Waals surface area (Å²) in [6, 6.07) is -0.720. The molecule has 0 aromatic carbocycles. The number of aliphatic hydroxyl groups is 2. The fraction of sp³-hybridized carbons (Fsp3) is 0.875. The molecular weight excluding hydrogens is 322 g/mol. The van der Waals surface area contributed by atoms with E-state index in [0.29, 0.717) is 32.2 Å². The first-order valence-electron chi connectivity index (χ1n) is 8.19. The number of rotatable bonds is 10. The summed E-state index contributed by atoms with van der Waals surface area (Å²) in [6.45, 7) is 5.74. The standard InChI is InChI=1S/C16H28ClNO5/c1-4-10(8-11(20)5-2)13(21)14-16(3,23-9-19)12(6-7-17)15(22)18-14/h9-14,20-21H,4-8H2,1-3H3,(H,18,22)/t10-,11+,12-,13-,14+,16-/m0/s1. The summed E-state index contributed by atoms with van der Waals surface area (Å²) in [4.78, 5) is 23.2. The molecule has 23 heavy (non-hydrogen) atoms. The van der Waals surface area contributed by atoms with Crippen molar-refractivity contribution in [3.63, 3.8) is 0 Å². The van der Waals surface area contributed by atoms with E-state index in [9.17, 15) is 19.8 Å². The molecule has 3 N–H and O–H groups in total. The molecule has 1 saturated heterocycles. The average Bonchev–Trinajstić information content (AvgIpc) is 2.77. The van der Waals surface area contributed by atoms with Crippen LogP contribution in [0.25, 0.3) is 0 Å². The minimum atomic E-state index is -1.16. The van der Waals surface area contributed by atoms with Gasteiger partial charge in [-0.3, -0.25) is 9.59 Å². The molecule has 0 aromatic heterocycles. The Morgan fingerprint density at radius 2 is 2.04 bits per heavy atom. The molecule has 0 aliphatic carbocycles. The predicted molar refractivity (Wildman–Crippen MR) is 87.0 cm³/mol. The molecule has 1 rings (SSSR count). The van der Waals surface area contributed by atoms with E-state index in [-0.39, 0.29) is 17.7 Å². The number of halogens is 1. The Morgan fingerprint density at radius 1 is 1.39 bits per heavy atom. The molecule has 1 fully saturated rings. The van der Waals surface area contributed by atoms with Crippen LogP contribution in [0.4, 0.5) is 0 Å². The summed E-state index contributed by atoms with van der Waals surface area (Å²) >= 11 is 5.76. The van der Waals surface area contributed by atoms with Gasteiger partial charge in [0.2, 0.25) is 5.91 Å². The molecule has 1 aliphatic heterocycles. The Bertz CT molecular complexity index is 408. The van der Waals surface area contributed by atoms with E-state index in [1.54, 1.807) is 6.92 Å². The second-order valence-corrected chi connectivity index (χ2v) is 6.75. The SMILES string of the molecule is CC[C@@H](O)C[C@H](CC)[C@H](O)[C@H]1NC(=O)[C@H](CCCl)[C@]1(C)OC=O. The van der Waals surface area contributed by atoms with Gasteiger partial charge >= 0.3 is 0 Å². The van der Waals surface area contributed by atoms with Crippen LogP contribution in [-0.4, -0.2) is 52.3 Å². The normalized spacial score (nSPS) is 31.3. The summed E-state index contributed by atoms with van der Waals surface area (Å²) in [5.41, 5.74) is -1.16. The Balaban J connectivity index is 3.02. The number of hydrogen-bond donors (Lipinski definition) is 3. The minimum absolute atomic E-state index is 0.209. The van der Waals surface area contributed by atoms with E-state index in [4.69, 9.17) is 16.3 Å². The van der Waals surface area contributed by atoms with Crippen molar-refractivity contribution in [1.82, 2.24) is 5.32 Å². The van der Waals surface area contributed by atoms with Crippen molar-refractivity contribution >= 4 is 24.0 Å². The quantitative estimate of drug-likeness (QED) is 0.407. The first kappa shape index (κ1) is 20.2. The number of carbonyl (C=O) groups excluding carboxylic acids is 2. The number of aliphatic hydroxyl groups excluding tert-OH is 2. The van der Waals surface area contributed by atoms with Crippen LogP contribution in [0.15, 0.2) is 0 Å². The zero-order valence-corrected chi connectivity index (χ0v) is 14.8. The highest BCUT2D eigenvalue weighted by Crippen LogP contribution is 2.38.